The summed E-state index contributed by atoms with van der Waals surface area (Å²) in [4.78, 5) is 5.07. The predicted octanol–water partition coefficient (Wildman–Crippen LogP) is 1.67. The van der Waals surface area contributed by atoms with Crippen LogP contribution in [-0.2, 0) is 0 Å². The molecule has 4 heteroatoms. The third-order valence-electron chi connectivity index (χ3n) is 4.96. The number of hydrogen-bond donors (Lipinski definition) is 1. The molecule has 0 radical (unpaired) electrons. The smallest absolute Gasteiger partial charge is 0.142 e. The number of nitrogens with one attached hydrogen (secondary N) is 1. The van der Waals surface area contributed by atoms with Gasteiger partial charge in [-0.05, 0) is 37.1 Å². The highest BCUT2D eigenvalue weighted by molar-refractivity contribution is 5.58. The van der Waals surface area contributed by atoms with Gasteiger partial charge in [-0.15, -0.1) is 0 Å². The second-order valence-corrected chi connectivity index (χ2v) is 6.36. The van der Waals surface area contributed by atoms with Crippen molar-refractivity contribution < 1.29 is 4.74 Å². The van der Waals surface area contributed by atoms with Crippen molar-refractivity contribution in [2.45, 2.75) is 6.92 Å². The molecule has 2 saturated heterocycles. The Hall–Kier alpha value is -1.26. The molecule has 1 atom stereocenters. The maximum absolute atomic E-state index is 5.48. The molecule has 0 saturated carbocycles. The normalized spacial score (nSPS) is 21.9. The summed E-state index contributed by atoms with van der Waals surface area (Å²) in [5.74, 6) is 2.68. The molecule has 21 heavy (non-hydrogen) atoms. The van der Waals surface area contributed by atoms with Crippen molar-refractivity contribution in [1.29, 1.82) is 0 Å². The summed E-state index contributed by atoms with van der Waals surface area (Å²) >= 11 is 0. The molecular formula is C17H27N3O. The number of para-hydroxylation sites is 2. The average molecular weight is 289 g/mol. The van der Waals surface area contributed by atoms with Crippen LogP contribution in [-0.4, -0.2) is 57.8 Å². The van der Waals surface area contributed by atoms with Crippen molar-refractivity contribution in [3.63, 3.8) is 0 Å². The molecule has 2 aliphatic heterocycles. The lowest BCUT2D eigenvalue weighted by atomic mass is 9.88. The van der Waals surface area contributed by atoms with Gasteiger partial charge in [-0.25, -0.2) is 0 Å². The quantitative estimate of drug-likeness (QED) is 0.892. The zero-order valence-corrected chi connectivity index (χ0v) is 13.2. The topological polar surface area (TPSA) is 27.7 Å². The van der Waals surface area contributed by atoms with Crippen molar-refractivity contribution in [1.82, 2.24) is 10.2 Å². The second-order valence-electron chi connectivity index (χ2n) is 6.36. The minimum Gasteiger partial charge on any atom is -0.495 e. The fraction of sp³-hybridized carbons (Fsp3) is 0.647. The van der Waals surface area contributed by atoms with E-state index in [2.05, 4.69) is 34.2 Å². The van der Waals surface area contributed by atoms with E-state index in [9.17, 15) is 0 Å². The first kappa shape index (κ1) is 14.7. The molecule has 0 amide bonds. The first-order valence-electron chi connectivity index (χ1n) is 8.09. The fourth-order valence-electron chi connectivity index (χ4n) is 3.33. The SMILES string of the molecule is COc1ccccc1N1CCN(CC(C)C2CNC2)CC1. The van der Waals surface area contributed by atoms with Crippen molar-refractivity contribution in [2.24, 2.45) is 11.8 Å². The number of ether oxygens (including phenoxy) is 1. The van der Waals surface area contributed by atoms with E-state index in [4.69, 9.17) is 4.74 Å². The highest BCUT2D eigenvalue weighted by Gasteiger charge is 2.27. The van der Waals surface area contributed by atoms with Crippen LogP contribution in [0.1, 0.15) is 6.92 Å². The standard InChI is InChI=1S/C17H27N3O/c1-14(15-11-18-12-15)13-19-7-9-20(10-8-19)16-5-3-4-6-17(16)21-2/h3-6,14-15,18H,7-13H2,1-2H3. The number of nitrogens with zero attached hydrogens (tertiary/aromatic N) is 2. The molecule has 1 N–H and O–H groups in total. The van der Waals surface area contributed by atoms with Gasteiger partial charge in [-0.3, -0.25) is 4.90 Å². The van der Waals surface area contributed by atoms with Crippen LogP contribution in [0.5, 0.6) is 5.75 Å². The van der Waals surface area contributed by atoms with Crippen LogP contribution < -0.4 is 15.0 Å². The summed E-state index contributed by atoms with van der Waals surface area (Å²) in [5, 5.41) is 3.38. The molecule has 0 bridgehead atoms. The van der Waals surface area contributed by atoms with Gasteiger partial charge < -0.3 is 15.0 Å². The van der Waals surface area contributed by atoms with E-state index >= 15 is 0 Å². The van der Waals surface area contributed by atoms with Crippen molar-refractivity contribution in [3.05, 3.63) is 24.3 Å². The van der Waals surface area contributed by atoms with E-state index in [1.807, 2.05) is 12.1 Å². The summed E-state index contributed by atoms with van der Waals surface area (Å²) in [6.07, 6.45) is 0. The number of piperazine rings is 1. The van der Waals surface area contributed by atoms with E-state index in [-0.39, 0.29) is 0 Å². The number of methoxy groups -OCH3 is 1. The zero-order valence-electron chi connectivity index (χ0n) is 13.2. The fourth-order valence-corrected chi connectivity index (χ4v) is 3.33. The highest BCUT2D eigenvalue weighted by atomic mass is 16.5. The lowest BCUT2D eigenvalue weighted by Gasteiger charge is -2.40. The van der Waals surface area contributed by atoms with Crippen molar-refractivity contribution >= 4 is 5.69 Å². The molecule has 0 aliphatic carbocycles. The highest BCUT2D eigenvalue weighted by Crippen LogP contribution is 2.28. The lowest BCUT2D eigenvalue weighted by Crippen LogP contribution is -2.52. The molecule has 116 valence electrons. The minimum atomic E-state index is 0.809. The third-order valence-corrected chi connectivity index (χ3v) is 4.96. The van der Waals surface area contributed by atoms with E-state index < -0.39 is 0 Å². The van der Waals surface area contributed by atoms with E-state index in [0.29, 0.717) is 0 Å². The van der Waals surface area contributed by atoms with Crippen LogP contribution in [0.2, 0.25) is 0 Å². The second kappa shape index (κ2) is 6.67. The maximum Gasteiger partial charge on any atom is 0.142 e. The minimum absolute atomic E-state index is 0.809. The van der Waals surface area contributed by atoms with Crippen molar-refractivity contribution in [3.8, 4) is 5.75 Å². The van der Waals surface area contributed by atoms with Crippen LogP contribution >= 0.6 is 0 Å². The summed E-state index contributed by atoms with van der Waals surface area (Å²) in [5.41, 5.74) is 1.23. The lowest BCUT2D eigenvalue weighted by molar-refractivity contribution is 0.160. The van der Waals surface area contributed by atoms with Crippen LogP contribution in [0.4, 0.5) is 5.69 Å². The Bertz CT molecular complexity index is 453. The van der Waals surface area contributed by atoms with Crippen LogP contribution in [0.3, 0.4) is 0 Å². The third kappa shape index (κ3) is 3.33. The van der Waals surface area contributed by atoms with Gasteiger partial charge in [-0.2, -0.15) is 0 Å². The first-order chi connectivity index (χ1) is 10.3. The molecule has 0 aromatic heterocycles. The van der Waals surface area contributed by atoms with Gasteiger partial charge >= 0.3 is 0 Å². The molecule has 4 nitrogen and oxygen atoms in total. The largest absolute Gasteiger partial charge is 0.495 e. The molecule has 1 aromatic rings. The number of benzene rings is 1. The number of rotatable bonds is 5. The zero-order chi connectivity index (χ0) is 14.7. The van der Waals surface area contributed by atoms with E-state index in [1.165, 1.54) is 25.3 Å². The van der Waals surface area contributed by atoms with Gasteiger partial charge in [0.1, 0.15) is 5.75 Å². The molecular weight excluding hydrogens is 262 g/mol. The summed E-state index contributed by atoms with van der Waals surface area (Å²) in [6.45, 7) is 10.6. The van der Waals surface area contributed by atoms with E-state index in [1.54, 1.807) is 7.11 Å². The maximum atomic E-state index is 5.48. The molecule has 1 aromatic carbocycles. The van der Waals surface area contributed by atoms with Crippen molar-refractivity contribution in [2.75, 3.05) is 57.8 Å². The Morgan fingerprint density at radius 1 is 1.19 bits per heavy atom. The molecule has 2 fully saturated rings. The van der Waals surface area contributed by atoms with Gasteiger partial charge in [0.25, 0.3) is 0 Å². The number of hydrogen-bond acceptors (Lipinski definition) is 4. The average Bonchev–Trinajstić information content (AvgIpc) is 2.46. The predicted molar refractivity (Wildman–Crippen MR) is 87.2 cm³/mol. The van der Waals surface area contributed by atoms with Gasteiger partial charge in [0, 0.05) is 32.7 Å². The first-order valence-corrected chi connectivity index (χ1v) is 8.09. The Morgan fingerprint density at radius 2 is 1.90 bits per heavy atom. The molecule has 3 rings (SSSR count). The van der Waals surface area contributed by atoms with Crippen LogP contribution in [0, 0.1) is 11.8 Å². The van der Waals surface area contributed by atoms with Crippen LogP contribution in [0.25, 0.3) is 0 Å². The van der Waals surface area contributed by atoms with Gasteiger partial charge in [-0.1, -0.05) is 19.1 Å². The Morgan fingerprint density at radius 3 is 2.52 bits per heavy atom. The summed E-state index contributed by atoms with van der Waals surface area (Å²) in [6, 6.07) is 8.34. The molecule has 2 aliphatic rings. The molecule has 0 spiro atoms. The number of anilines is 1. The van der Waals surface area contributed by atoms with Gasteiger partial charge in [0.15, 0.2) is 0 Å². The summed E-state index contributed by atoms with van der Waals surface area (Å²) < 4.78 is 5.48. The molecule has 1 unspecified atom stereocenters. The van der Waals surface area contributed by atoms with Gasteiger partial charge in [0.2, 0.25) is 0 Å². The Balaban J connectivity index is 1.52. The molecule has 2 heterocycles. The van der Waals surface area contributed by atoms with E-state index in [0.717, 1.165) is 43.8 Å². The van der Waals surface area contributed by atoms with Crippen LogP contribution in [0.15, 0.2) is 24.3 Å². The van der Waals surface area contributed by atoms with Gasteiger partial charge in [0.05, 0.1) is 12.8 Å². The summed E-state index contributed by atoms with van der Waals surface area (Å²) in [7, 11) is 1.75. The Labute approximate surface area is 128 Å². The Kier molecular flexibility index (Phi) is 4.66. The monoisotopic (exact) mass is 289 g/mol.